The molecule has 4 rings (SSSR count). The molecule has 1 aliphatic heterocycles. The molecule has 0 bridgehead atoms. The van der Waals surface area contributed by atoms with Gasteiger partial charge in [0.15, 0.2) is 5.69 Å². The van der Waals surface area contributed by atoms with Gasteiger partial charge < -0.3 is 10.2 Å². The van der Waals surface area contributed by atoms with Gasteiger partial charge in [0.1, 0.15) is 5.69 Å². The zero-order valence-electron chi connectivity index (χ0n) is 13.0. The maximum absolute atomic E-state index is 12.7. The minimum atomic E-state index is -0.198. The molecule has 1 N–H and O–H groups in total. The van der Waals surface area contributed by atoms with Gasteiger partial charge in [-0.05, 0) is 30.5 Å². The summed E-state index contributed by atoms with van der Waals surface area (Å²) in [5.41, 5.74) is 1.81. The number of halogens is 1. The van der Waals surface area contributed by atoms with E-state index in [1.165, 1.54) is 0 Å². The maximum Gasteiger partial charge on any atom is 0.272 e. The first-order chi connectivity index (χ1) is 11.6. The number of aromatic nitrogens is 2. The third-order valence-corrected chi connectivity index (χ3v) is 4.55. The van der Waals surface area contributed by atoms with Crippen LogP contribution in [0.25, 0.3) is 0 Å². The largest absolute Gasteiger partial charge is 0.348 e. The molecule has 1 fully saturated rings. The van der Waals surface area contributed by atoms with Crippen molar-refractivity contribution in [2.75, 3.05) is 6.54 Å². The van der Waals surface area contributed by atoms with Crippen LogP contribution in [0.1, 0.15) is 39.4 Å². The zero-order valence-corrected chi connectivity index (χ0v) is 13.8. The summed E-state index contributed by atoms with van der Waals surface area (Å²) >= 11 is 5.89. The summed E-state index contributed by atoms with van der Waals surface area (Å²) in [6, 6.07) is 9.32. The highest BCUT2D eigenvalue weighted by atomic mass is 35.5. The fourth-order valence-corrected chi connectivity index (χ4v) is 2.92. The van der Waals surface area contributed by atoms with Crippen LogP contribution in [0.3, 0.4) is 0 Å². The highest BCUT2D eigenvalue weighted by molar-refractivity contribution is 6.30. The Kier molecular flexibility index (Phi) is 3.76. The lowest BCUT2D eigenvalue weighted by Crippen LogP contribution is -2.39. The Morgan fingerprint density at radius 2 is 2.00 bits per heavy atom. The van der Waals surface area contributed by atoms with Gasteiger partial charge in [-0.1, -0.05) is 23.7 Å². The first-order valence-electron chi connectivity index (χ1n) is 8.02. The van der Waals surface area contributed by atoms with E-state index in [9.17, 15) is 9.59 Å². The average molecular weight is 345 g/mol. The minimum absolute atomic E-state index is 0.103. The van der Waals surface area contributed by atoms with Crippen LogP contribution in [0.5, 0.6) is 0 Å². The summed E-state index contributed by atoms with van der Waals surface area (Å²) in [6.45, 7) is 1.68. The van der Waals surface area contributed by atoms with Crippen molar-refractivity contribution in [1.82, 2.24) is 20.0 Å². The highest BCUT2D eigenvalue weighted by Gasteiger charge is 2.30. The van der Waals surface area contributed by atoms with Crippen LogP contribution in [0.2, 0.25) is 5.02 Å². The lowest BCUT2D eigenvalue weighted by molar-refractivity contribution is 0.0683. The van der Waals surface area contributed by atoms with Crippen molar-refractivity contribution in [3.63, 3.8) is 0 Å². The van der Waals surface area contributed by atoms with E-state index < -0.39 is 0 Å². The second-order valence-electron chi connectivity index (χ2n) is 6.24. The summed E-state index contributed by atoms with van der Waals surface area (Å²) in [6.07, 6.45) is 2.04. The number of benzene rings is 1. The van der Waals surface area contributed by atoms with Crippen molar-refractivity contribution in [2.24, 2.45) is 0 Å². The molecule has 24 heavy (non-hydrogen) atoms. The molecule has 1 saturated carbocycles. The zero-order chi connectivity index (χ0) is 16.7. The molecule has 2 aliphatic rings. The third kappa shape index (κ3) is 3.01. The van der Waals surface area contributed by atoms with Crippen molar-refractivity contribution < 1.29 is 9.59 Å². The van der Waals surface area contributed by atoms with Gasteiger partial charge >= 0.3 is 0 Å². The quantitative estimate of drug-likeness (QED) is 0.923. The fraction of sp³-hybridized carbons (Fsp3) is 0.353. The molecule has 2 aromatic rings. The van der Waals surface area contributed by atoms with Crippen molar-refractivity contribution in [3.05, 3.63) is 52.3 Å². The SMILES string of the molecule is O=C(NC1CC1)c1cc2n(n1)CCN(Cc1ccc(Cl)cc1)C2=O. The number of carbonyl (C=O) groups is 2. The van der Waals surface area contributed by atoms with Crippen LogP contribution in [-0.4, -0.2) is 39.1 Å². The predicted molar refractivity (Wildman–Crippen MR) is 88.9 cm³/mol. The monoisotopic (exact) mass is 344 g/mol. The Bertz CT molecular complexity index is 795. The molecule has 0 saturated heterocycles. The summed E-state index contributed by atoms with van der Waals surface area (Å²) in [4.78, 5) is 26.5. The molecule has 0 unspecified atom stereocenters. The smallest absolute Gasteiger partial charge is 0.272 e. The molecule has 2 heterocycles. The molecule has 1 aromatic heterocycles. The van der Waals surface area contributed by atoms with E-state index in [2.05, 4.69) is 10.4 Å². The molecule has 2 amide bonds. The predicted octanol–water partition coefficient (Wildman–Crippen LogP) is 2.08. The molecular weight excluding hydrogens is 328 g/mol. The second kappa shape index (κ2) is 5.94. The number of hydrogen-bond donors (Lipinski definition) is 1. The Balaban J connectivity index is 1.50. The summed E-state index contributed by atoms with van der Waals surface area (Å²) < 4.78 is 1.63. The van der Waals surface area contributed by atoms with Crippen LogP contribution < -0.4 is 5.32 Å². The number of nitrogens with one attached hydrogen (secondary N) is 1. The van der Waals surface area contributed by atoms with Crippen molar-refractivity contribution in [1.29, 1.82) is 0 Å². The maximum atomic E-state index is 12.7. The van der Waals surface area contributed by atoms with Crippen LogP contribution >= 0.6 is 11.6 Å². The molecule has 7 heteroatoms. The Morgan fingerprint density at radius 3 is 2.71 bits per heavy atom. The molecule has 1 aliphatic carbocycles. The van der Waals surface area contributed by atoms with Gasteiger partial charge in [-0.15, -0.1) is 0 Å². The number of hydrogen-bond acceptors (Lipinski definition) is 3. The number of carbonyl (C=O) groups excluding carboxylic acids is 2. The molecule has 1 aromatic carbocycles. The van der Waals surface area contributed by atoms with Gasteiger partial charge in [0.05, 0.1) is 6.54 Å². The van der Waals surface area contributed by atoms with E-state index >= 15 is 0 Å². The number of fused-ring (bicyclic) bond motifs is 1. The van der Waals surface area contributed by atoms with E-state index in [-0.39, 0.29) is 17.9 Å². The van der Waals surface area contributed by atoms with Gasteiger partial charge in [0.25, 0.3) is 11.8 Å². The summed E-state index contributed by atoms with van der Waals surface area (Å²) in [5, 5.41) is 7.85. The number of amides is 2. The molecule has 124 valence electrons. The van der Waals surface area contributed by atoms with Crippen molar-refractivity contribution >= 4 is 23.4 Å². The Labute approximate surface area is 144 Å². The third-order valence-electron chi connectivity index (χ3n) is 4.30. The molecule has 0 spiro atoms. The lowest BCUT2D eigenvalue weighted by Gasteiger charge is -2.27. The Morgan fingerprint density at radius 1 is 1.25 bits per heavy atom. The van der Waals surface area contributed by atoms with Gasteiger partial charge in [-0.25, -0.2) is 0 Å². The standard InChI is InChI=1S/C17H17ClN4O2/c18-12-3-1-11(2-4-12)10-21-7-8-22-15(17(21)24)9-14(20-22)16(23)19-13-5-6-13/h1-4,9,13H,5-8,10H2,(H,19,23). The van der Waals surface area contributed by atoms with Crippen molar-refractivity contribution in [2.45, 2.75) is 32.0 Å². The van der Waals surface area contributed by atoms with E-state index in [4.69, 9.17) is 11.6 Å². The topological polar surface area (TPSA) is 67.2 Å². The van der Waals surface area contributed by atoms with Crippen LogP contribution in [0, 0.1) is 0 Å². The van der Waals surface area contributed by atoms with E-state index in [0.29, 0.717) is 36.0 Å². The minimum Gasteiger partial charge on any atom is -0.348 e. The van der Waals surface area contributed by atoms with E-state index in [1.807, 2.05) is 24.3 Å². The molecular formula is C17H17ClN4O2. The van der Waals surface area contributed by atoms with Crippen LogP contribution in [0.15, 0.2) is 30.3 Å². The Hall–Kier alpha value is -2.34. The van der Waals surface area contributed by atoms with Crippen LogP contribution in [0.4, 0.5) is 0 Å². The van der Waals surface area contributed by atoms with Crippen molar-refractivity contribution in [3.8, 4) is 0 Å². The first-order valence-corrected chi connectivity index (χ1v) is 8.40. The fourth-order valence-electron chi connectivity index (χ4n) is 2.80. The van der Waals surface area contributed by atoms with E-state index in [1.54, 1.807) is 15.6 Å². The molecule has 0 atom stereocenters. The van der Waals surface area contributed by atoms with Gasteiger partial charge in [0.2, 0.25) is 0 Å². The van der Waals surface area contributed by atoms with Gasteiger partial charge in [-0.2, -0.15) is 5.10 Å². The van der Waals surface area contributed by atoms with Gasteiger partial charge in [0, 0.05) is 30.2 Å². The highest BCUT2D eigenvalue weighted by Crippen LogP contribution is 2.21. The van der Waals surface area contributed by atoms with Gasteiger partial charge in [-0.3, -0.25) is 14.3 Å². The van der Waals surface area contributed by atoms with Crippen LogP contribution in [-0.2, 0) is 13.1 Å². The summed E-state index contributed by atoms with van der Waals surface area (Å²) in [5.74, 6) is -0.300. The van der Waals surface area contributed by atoms with E-state index in [0.717, 1.165) is 18.4 Å². The first kappa shape index (κ1) is 15.2. The molecule has 6 nitrogen and oxygen atoms in total. The normalized spacial score (nSPS) is 16.9. The number of rotatable bonds is 4. The summed E-state index contributed by atoms with van der Waals surface area (Å²) in [7, 11) is 0. The second-order valence-corrected chi connectivity index (χ2v) is 6.68. The molecule has 0 radical (unpaired) electrons. The lowest BCUT2D eigenvalue weighted by atomic mass is 10.2. The number of nitrogens with zero attached hydrogens (tertiary/aromatic N) is 3. The average Bonchev–Trinajstić information content (AvgIpc) is 3.27.